The predicted octanol–water partition coefficient (Wildman–Crippen LogP) is 2.41. The van der Waals surface area contributed by atoms with Crippen LogP contribution in [0.15, 0.2) is 30.6 Å². The maximum atomic E-state index is 11.3. The van der Waals surface area contributed by atoms with E-state index in [1.807, 2.05) is 48.8 Å². The lowest BCUT2D eigenvalue weighted by atomic mass is 10.2. The van der Waals surface area contributed by atoms with Crippen molar-refractivity contribution in [3.8, 4) is 0 Å². The molecule has 104 valence electrons. The fourth-order valence-electron chi connectivity index (χ4n) is 1.91. The second-order valence-electron chi connectivity index (χ2n) is 4.72. The Morgan fingerprint density at radius 1 is 1.37 bits per heavy atom. The third kappa shape index (κ3) is 3.20. The van der Waals surface area contributed by atoms with Crippen LogP contribution < -0.4 is 0 Å². The van der Waals surface area contributed by atoms with E-state index >= 15 is 0 Å². The van der Waals surface area contributed by atoms with Crippen molar-refractivity contribution in [1.29, 1.82) is 0 Å². The Hall–Kier alpha value is -1.24. The molecular formula is C13H18N2O3S. The maximum Gasteiger partial charge on any atom is 0.158 e. The highest BCUT2D eigenvalue weighted by Crippen LogP contribution is 2.25. The van der Waals surface area contributed by atoms with Crippen molar-refractivity contribution in [3.05, 3.63) is 36.3 Å². The Labute approximate surface area is 114 Å². The first-order chi connectivity index (χ1) is 8.99. The van der Waals surface area contributed by atoms with Crippen LogP contribution in [0.25, 0.3) is 5.65 Å². The van der Waals surface area contributed by atoms with Gasteiger partial charge in [0.15, 0.2) is 11.1 Å². The van der Waals surface area contributed by atoms with E-state index in [2.05, 4.69) is 4.98 Å². The van der Waals surface area contributed by atoms with Gasteiger partial charge in [0.1, 0.15) is 11.8 Å². The van der Waals surface area contributed by atoms with Gasteiger partial charge in [0.25, 0.3) is 0 Å². The van der Waals surface area contributed by atoms with Gasteiger partial charge in [0.05, 0.1) is 17.0 Å². The van der Waals surface area contributed by atoms with Crippen molar-refractivity contribution in [2.24, 2.45) is 0 Å². The summed E-state index contributed by atoms with van der Waals surface area (Å²) in [6, 6.07) is 5.69. The molecule has 5 nitrogen and oxygen atoms in total. The van der Waals surface area contributed by atoms with E-state index in [9.17, 15) is 8.76 Å². The molecule has 0 aliphatic heterocycles. The molecule has 1 unspecified atom stereocenters. The monoisotopic (exact) mass is 282 g/mol. The summed E-state index contributed by atoms with van der Waals surface area (Å²) in [7, 11) is 0. The number of ether oxygens (including phenoxy) is 1. The van der Waals surface area contributed by atoms with Crippen LogP contribution in [0.2, 0.25) is 0 Å². The summed E-state index contributed by atoms with van der Waals surface area (Å²) in [5.74, 6) is 0. The lowest BCUT2D eigenvalue weighted by Gasteiger charge is -2.22. The molecule has 1 N–H and O–H groups in total. The zero-order valence-corrected chi connectivity index (χ0v) is 12.0. The van der Waals surface area contributed by atoms with Crippen molar-refractivity contribution in [1.82, 2.24) is 9.38 Å². The average molecular weight is 282 g/mol. The van der Waals surface area contributed by atoms with Crippen molar-refractivity contribution >= 4 is 16.7 Å². The minimum atomic E-state index is -1.95. The molecule has 0 aliphatic carbocycles. The molecule has 0 fully saturated rings. The van der Waals surface area contributed by atoms with Crippen LogP contribution in [0.1, 0.15) is 32.6 Å². The molecular weight excluding hydrogens is 264 g/mol. The van der Waals surface area contributed by atoms with E-state index < -0.39 is 22.4 Å². The first-order valence-corrected chi connectivity index (χ1v) is 7.34. The number of aromatic nitrogens is 2. The van der Waals surface area contributed by atoms with Crippen LogP contribution in [-0.4, -0.2) is 29.5 Å². The average Bonchev–Trinajstić information content (AvgIpc) is 2.78. The smallest absolute Gasteiger partial charge is 0.158 e. The Kier molecular flexibility index (Phi) is 4.34. The van der Waals surface area contributed by atoms with Crippen molar-refractivity contribution in [2.45, 2.75) is 38.2 Å². The Morgan fingerprint density at radius 2 is 2.11 bits per heavy atom. The predicted molar refractivity (Wildman–Crippen MR) is 74.4 cm³/mol. The van der Waals surface area contributed by atoms with Gasteiger partial charge < -0.3 is 13.7 Å². The second kappa shape index (κ2) is 5.81. The van der Waals surface area contributed by atoms with E-state index in [1.165, 1.54) is 0 Å². The number of pyridine rings is 1. The molecule has 0 bridgehead atoms. The Bertz CT molecular complexity index is 549. The molecule has 2 rings (SSSR count). The SMILES string of the molecule is CC(C)O[C@@H](c1cn2ccccc2n1)[C@H](C)S(=O)O. The molecule has 0 aromatic carbocycles. The largest absolute Gasteiger partial charge is 0.368 e. The Balaban J connectivity index is 2.38. The molecule has 2 aromatic heterocycles. The van der Waals surface area contributed by atoms with E-state index in [-0.39, 0.29) is 6.10 Å². The van der Waals surface area contributed by atoms with Gasteiger partial charge in [0.2, 0.25) is 0 Å². The summed E-state index contributed by atoms with van der Waals surface area (Å²) in [6.45, 7) is 5.48. The van der Waals surface area contributed by atoms with Crippen LogP contribution in [0.5, 0.6) is 0 Å². The summed E-state index contributed by atoms with van der Waals surface area (Å²) in [4.78, 5) is 4.46. The molecule has 0 radical (unpaired) electrons. The van der Waals surface area contributed by atoms with E-state index in [4.69, 9.17) is 4.74 Å². The van der Waals surface area contributed by atoms with Gasteiger partial charge in [-0.2, -0.15) is 0 Å². The van der Waals surface area contributed by atoms with Crippen molar-refractivity contribution < 1.29 is 13.5 Å². The lowest BCUT2D eigenvalue weighted by molar-refractivity contribution is 0.00419. The van der Waals surface area contributed by atoms with E-state index in [0.29, 0.717) is 5.69 Å². The van der Waals surface area contributed by atoms with Crippen LogP contribution in [-0.2, 0) is 15.8 Å². The standard InChI is InChI=1S/C13H18N2O3S/c1-9(2)18-13(10(3)19(16)17)11-8-15-7-5-4-6-12(15)14-11/h4-10,13H,1-3H3,(H,16,17)/t10-,13+/m0/s1. The fourth-order valence-corrected chi connectivity index (χ4v) is 2.33. The summed E-state index contributed by atoms with van der Waals surface area (Å²) in [5.41, 5.74) is 1.47. The van der Waals surface area contributed by atoms with E-state index in [1.54, 1.807) is 6.92 Å². The van der Waals surface area contributed by atoms with Crippen LogP contribution in [0.3, 0.4) is 0 Å². The summed E-state index contributed by atoms with van der Waals surface area (Å²) in [6.07, 6.45) is 3.19. The van der Waals surface area contributed by atoms with Crippen LogP contribution in [0.4, 0.5) is 0 Å². The number of imidazole rings is 1. The molecule has 0 amide bonds. The van der Waals surface area contributed by atoms with Crippen molar-refractivity contribution in [3.63, 3.8) is 0 Å². The van der Waals surface area contributed by atoms with Gasteiger partial charge >= 0.3 is 0 Å². The van der Waals surface area contributed by atoms with Gasteiger partial charge in [0, 0.05) is 12.4 Å². The van der Waals surface area contributed by atoms with Crippen LogP contribution in [0, 0.1) is 0 Å². The molecule has 3 atom stereocenters. The zero-order chi connectivity index (χ0) is 14.0. The fraction of sp³-hybridized carbons (Fsp3) is 0.462. The third-order valence-electron chi connectivity index (χ3n) is 2.84. The summed E-state index contributed by atoms with van der Waals surface area (Å²) >= 11 is -1.95. The molecule has 2 aromatic rings. The van der Waals surface area contributed by atoms with E-state index in [0.717, 1.165) is 5.65 Å². The topological polar surface area (TPSA) is 63.8 Å². The van der Waals surface area contributed by atoms with Gasteiger partial charge in [-0.1, -0.05) is 6.07 Å². The highest BCUT2D eigenvalue weighted by Gasteiger charge is 2.28. The summed E-state index contributed by atoms with van der Waals surface area (Å²) in [5, 5.41) is -0.535. The number of nitrogens with zero attached hydrogens (tertiary/aromatic N) is 2. The molecule has 0 saturated heterocycles. The van der Waals surface area contributed by atoms with Gasteiger partial charge in [-0.15, -0.1) is 0 Å². The van der Waals surface area contributed by atoms with Gasteiger partial charge in [-0.05, 0) is 32.9 Å². The molecule has 6 heteroatoms. The normalized spacial score (nSPS) is 16.7. The minimum absolute atomic E-state index is 0.0409. The number of hydrogen-bond acceptors (Lipinski definition) is 3. The molecule has 19 heavy (non-hydrogen) atoms. The molecule has 0 aliphatic rings. The molecule has 0 saturated carbocycles. The van der Waals surface area contributed by atoms with Crippen molar-refractivity contribution in [2.75, 3.05) is 0 Å². The summed E-state index contributed by atoms with van der Waals surface area (Å²) < 4.78 is 28.2. The van der Waals surface area contributed by atoms with Gasteiger partial charge in [-0.3, -0.25) is 0 Å². The number of rotatable bonds is 5. The lowest BCUT2D eigenvalue weighted by Crippen LogP contribution is -2.25. The first-order valence-electron chi connectivity index (χ1n) is 6.17. The molecule has 0 spiro atoms. The molecule has 2 heterocycles. The Morgan fingerprint density at radius 3 is 2.68 bits per heavy atom. The quantitative estimate of drug-likeness (QED) is 0.855. The second-order valence-corrected chi connectivity index (χ2v) is 6.01. The number of hydrogen-bond donors (Lipinski definition) is 1. The maximum absolute atomic E-state index is 11.3. The highest BCUT2D eigenvalue weighted by molar-refractivity contribution is 7.79. The minimum Gasteiger partial charge on any atom is -0.368 e. The first kappa shape index (κ1) is 14.2. The number of fused-ring (bicyclic) bond motifs is 1. The third-order valence-corrected chi connectivity index (χ3v) is 3.72. The van der Waals surface area contributed by atoms with Gasteiger partial charge in [-0.25, -0.2) is 9.19 Å². The highest BCUT2D eigenvalue weighted by atomic mass is 32.2. The van der Waals surface area contributed by atoms with Crippen LogP contribution >= 0.6 is 0 Å². The zero-order valence-electron chi connectivity index (χ0n) is 11.2.